The van der Waals surface area contributed by atoms with Crippen molar-refractivity contribution in [3.05, 3.63) is 48.5 Å². The van der Waals surface area contributed by atoms with E-state index in [1.807, 2.05) is 42.5 Å². The van der Waals surface area contributed by atoms with E-state index in [9.17, 15) is 4.79 Å². The monoisotopic (exact) mass is 370 g/mol. The van der Waals surface area contributed by atoms with Crippen LogP contribution in [-0.2, 0) is 4.79 Å². The second kappa shape index (κ2) is 9.28. The maximum absolute atomic E-state index is 12.3. The molecule has 2 aromatic rings. The van der Waals surface area contributed by atoms with Gasteiger partial charge in [-0.05, 0) is 24.3 Å². The molecule has 0 saturated carbocycles. The van der Waals surface area contributed by atoms with Crippen molar-refractivity contribution in [2.45, 2.75) is 6.42 Å². The molecule has 0 aliphatic carbocycles. The van der Waals surface area contributed by atoms with Crippen molar-refractivity contribution in [2.24, 2.45) is 0 Å². The van der Waals surface area contributed by atoms with Gasteiger partial charge in [-0.15, -0.1) is 0 Å². The first-order valence-electron chi connectivity index (χ1n) is 9.35. The highest BCUT2D eigenvalue weighted by Gasteiger charge is 2.22. The molecule has 1 aliphatic heterocycles. The van der Waals surface area contributed by atoms with Crippen molar-refractivity contribution in [2.75, 3.05) is 57.2 Å². The van der Waals surface area contributed by atoms with E-state index in [0.717, 1.165) is 49.8 Å². The van der Waals surface area contributed by atoms with Gasteiger partial charge in [0.05, 0.1) is 64.7 Å². The van der Waals surface area contributed by atoms with Crippen molar-refractivity contribution >= 4 is 17.3 Å². The lowest BCUT2D eigenvalue weighted by Crippen LogP contribution is -3.15. The van der Waals surface area contributed by atoms with Crippen LogP contribution in [0.1, 0.15) is 6.42 Å². The Morgan fingerprint density at radius 1 is 1.00 bits per heavy atom. The van der Waals surface area contributed by atoms with Gasteiger partial charge in [0.1, 0.15) is 11.5 Å². The Kier molecular flexibility index (Phi) is 6.54. The number of para-hydroxylation sites is 4. The maximum Gasteiger partial charge on any atom is 0.230 e. The molecule has 2 aromatic carbocycles. The van der Waals surface area contributed by atoms with Crippen LogP contribution in [0.2, 0.25) is 0 Å². The SMILES string of the molecule is COc1ccccc1NC(=O)CC[NH+]1CCN(c2ccccc2OC)CC1. The van der Waals surface area contributed by atoms with Crippen LogP contribution in [0.3, 0.4) is 0 Å². The number of carbonyl (C=O) groups excluding carboxylic acids is 1. The molecule has 1 heterocycles. The number of methoxy groups -OCH3 is 2. The van der Waals surface area contributed by atoms with Gasteiger partial charge in [-0.3, -0.25) is 4.79 Å². The number of piperazine rings is 1. The first kappa shape index (κ1) is 19.0. The van der Waals surface area contributed by atoms with Gasteiger partial charge in [-0.2, -0.15) is 0 Å². The van der Waals surface area contributed by atoms with E-state index in [2.05, 4.69) is 16.3 Å². The number of quaternary nitrogens is 1. The lowest BCUT2D eigenvalue weighted by molar-refractivity contribution is -0.900. The molecular formula is C21H28N3O3+. The molecule has 0 bridgehead atoms. The van der Waals surface area contributed by atoms with Crippen LogP contribution in [0.4, 0.5) is 11.4 Å². The second-order valence-electron chi connectivity index (χ2n) is 6.66. The normalized spacial score (nSPS) is 14.7. The fourth-order valence-corrected chi connectivity index (χ4v) is 3.46. The molecule has 6 heteroatoms. The number of hydrogen-bond acceptors (Lipinski definition) is 4. The van der Waals surface area contributed by atoms with E-state index in [0.29, 0.717) is 12.2 Å². The van der Waals surface area contributed by atoms with E-state index in [1.54, 1.807) is 14.2 Å². The Bertz CT molecular complexity index is 758. The smallest absolute Gasteiger partial charge is 0.230 e. The summed E-state index contributed by atoms with van der Waals surface area (Å²) in [5.74, 6) is 1.62. The molecule has 0 spiro atoms. The lowest BCUT2D eigenvalue weighted by atomic mass is 10.2. The largest absolute Gasteiger partial charge is 0.495 e. The fourth-order valence-electron chi connectivity index (χ4n) is 3.46. The molecule has 1 saturated heterocycles. The predicted molar refractivity (Wildman–Crippen MR) is 107 cm³/mol. The minimum absolute atomic E-state index is 0.0270. The zero-order valence-corrected chi connectivity index (χ0v) is 16.0. The summed E-state index contributed by atoms with van der Waals surface area (Å²) in [4.78, 5) is 16.1. The molecule has 0 unspecified atom stereocenters. The van der Waals surface area contributed by atoms with Crippen LogP contribution in [0.25, 0.3) is 0 Å². The summed E-state index contributed by atoms with van der Waals surface area (Å²) in [5, 5.41) is 2.95. The Morgan fingerprint density at radius 2 is 1.63 bits per heavy atom. The minimum atomic E-state index is 0.0270. The summed E-state index contributed by atoms with van der Waals surface area (Å²) in [7, 11) is 3.32. The van der Waals surface area contributed by atoms with E-state index >= 15 is 0 Å². The van der Waals surface area contributed by atoms with Gasteiger partial charge in [-0.1, -0.05) is 24.3 Å². The number of nitrogens with zero attached hydrogens (tertiary/aromatic N) is 1. The summed E-state index contributed by atoms with van der Waals surface area (Å²) < 4.78 is 10.7. The zero-order chi connectivity index (χ0) is 19.1. The molecule has 1 fully saturated rings. The van der Waals surface area contributed by atoms with Gasteiger partial charge in [0.25, 0.3) is 0 Å². The van der Waals surface area contributed by atoms with Crippen molar-refractivity contribution in [1.82, 2.24) is 0 Å². The predicted octanol–water partition coefficient (Wildman–Crippen LogP) is 1.44. The molecular weight excluding hydrogens is 342 g/mol. The third-order valence-corrected chi connectivity index (χ3v) is 4.98. The third kappa shape index (κ3) is 4.92. The van der Waals surface area contributed by atoms with Gasteiger partial charge in [0.2, 0.25) is 5.91 Å². The highest BCUT2D eigenvalue weighted by atomic mass is 16.5. The average Bonchev–Trinajstić information content (AvgIpc) is 2.73. The number of nitrogens with one attached hydrogen (secondary N) is 2. The van der Waals surface area contributed by atoms with Crippen LogP contribution in [0.5, 0.6) is 11.5 Å². The van der Waals surface area contributed by atoms with E-state index < -0.39 is 0 Å². The molecule has 3 rings (SSSR count). The summed E-state index contributed by atoms with van der Waals surface area (Å²) in [6.45, 7) is 4.79. The van der Waals surface area contributed by atoms with Crippen molar-refractivity contribution in [3.8, 4) is 11.5 Å². The number of anilines is 2. The highest BCUT2D eigenvalue weighted by Crippen LogP contribution is 2.27. The van der Waals surface area contributed by atoms with Crippen molar-refractivity contribution < 1.29 is 19.2 Å². The number of hydrogen-bond donors (Lipinski definition) is 2. The molecule has 2 N–H and O–H groups in total. The summed E-state index contributed by atoms with van der Waals surface area (Å²) in [5.41, 5.74) is 1.87. The van der Waals surface area contributed by atoms with Gasteiger partial charge in [-0.25, -0.2) is 0 Å². The Labute approximate surface area is 160 Å². The van der Waals surface area contributed by atoms with Crippen LogP contribution >= 0.6 is 0 Å². The quantitative estimate of drug-likeness (QED) is 0.774. The van der Waals surface area contributed by atoms with E-state index in [1.165, 1.54) is 4.90 Å². The van der Waals surface area contributed by atoms with Gasteiger partial charge in [0, 0.05) is 0 Å². The average molecular weight is 370 g/mol. The molecule has 1 amide bonds. The fraction of sp³-hybridized carbons (Fsp3) is 0.381. The molecule has 6 nitrogen and oxygen atoms in total. The molecule has 27 heavy (non-hydrogen) atoms. The first-order valence-corrected chi connectivity index (χ1v) is 9.35. The third-order valence-electron chi connectivity index (χ3n) is 4.98. The Morgan fingerprint density at radius 3 is 2.33 bits per heavy atom. The van der Waals surface area contributed by atoms with Gasteiger partial charge >= 0.3 is 0 Å². The lowest BCUT2D eigenvalue weighted by Gasteiger charge is -2.34. The Balaban J connectivity index is 1.46. The number of carbonyl (C=O) groups is 1. The summed E-state index contributed by atoms with van der Waals surface area (Å²) >= 11 is 0. The maximum atomic E-state index is 12.3. The summed E-state index contributed by atoms with van der Waals surface area (Å²) in [6, 6.07) is 15.6. The van der Waals surface area contributed by atoms with Gasteiger partial charge < -0.3 is 24.6 Å². The van der Waals surface area contributed by atoms with E-state index in [4.69, 9.17) is 9.47 Å². The number of rotatable bonds is 7. The van der Waals surface area contributed by atoms with E-state index in [-0.39, 0.29) is 5.91 Å². The Hall–Kier alpha value is -2.73. The van der Waals surface area contributed by atoms with Crippen LogP contribution in [-0.4, -0.2) is 52.9 Å². The standard InChI is InChI=1S/C21H27N3O3/c1-26-19-9-5-3-7-17(19)22-21(25)11-12-23-13-15-24(16-14-23)18-8-4-6-10-20(18)27-2/h3-10H,11-16H2,1-2H3,(H,22,25)/p+1. The number of ether oxygens (including phenoxy) is 2. The van der Waals surface area contributed by atoms with Crippen molar-refractivity contribution in [1.29, 1.82) is 0 Å². The molecule has 0 aromatic heterocycles. The minimum Gasteiger partial charge on any atom is -0.495 e. The molecule has 1 aliphatic rings. The van der Waals surface area contributed by atoms with Crippen LogP contribution in [0.15, 0.2) is 48.5 Å². The van der Waals surface area contributed by atoms with Crippen molar-refractivity contribution in [3.63, 3.8) is 0 Å². The first-order chi connectivity index (χ1) is 13.2. The molecule has 144 valence electrons. The number of amides is 1. The topological polar surface area (TPSA) is 55.2 Å². The molecule has 0 atom stereocenters. The zero-order valence-electron chi connectivity index (χ0n) is 16.0. The highest BCUT2D eigenvalue weighted by molar-refractivity contribution is 5.92. The van der Waals surface area contributed by atoms with Crippen LogP contribution in [0, 0.1) is 0 Å². The summed E-state index contributed by atoms with van der Waals surface area (Å²) in [6.07, 6.45) is 0.502. The van der Waals surface area contributed by atoms with Crippen LogP contribution < -0.4 is 24.6 Å². The second-order valence-corrected chi connectivity index (χ2v) is 6.66. The molecule has 0 radical (unpaired) electrons. The number of benzene rings is 2. The van der Waals surface area contributed by atoms with Gasteiger partial charge in [0.15, 0.2) is 0 Å².